The zero-order valence-electron chi connectivity index (χ0n) is 10.6. The summed E-state index contributed by atoms with van der Waals surface area (Å²) in [5.41, 5.74) is 6.53. The van der Waals surface area contributed by atoms with E-state index < -0.39 is 0 Å². The second-order valence-electron chi connectivity index (χ2n) is 4.64. The molecule has 0 aliphatic carbocycles. The number of amides is 1. The molecule has 1 aromatic heterocycles. The van der Waals surface area contributed by atoms with Crippen LogP contribution in [0.2, 0.25) is 0 Å². The molecule has 2 heterocycles. The number of ether oxygens (including phenoxy) is 1. The van der Waals surface area contributed by atoms with Gasteiger partial charge in [0.25, 0.3) is 0 Å². The molecule has 2 N–H and O–H groups in total. The van der Waals surface area contributed by atoms with Crippen molar-refractivity contribution in [2.45, 2.75) is 6.42 Å². The first-order valence-corrected chi connectivity index (χ1v) is 6.98. The van der Waals surface area contributed by atoms with Crippen LogP contribution >= 0.6 is 11.3 Å². The van der Waals surface area contributed by atoms with Crippen LogP contribution in [0, 0.1) is 5.92 Å². The lowest BCUT2D eigenvalue weighted by molar-refractivity contribution is -0.117. The molecule has 3 rings (SSSR count). The van der Waals surface area contributed by atoms with E-state index in [2.05, 4.69) is 4.98 Å². The zero-order chi connectivity index (χ0) is 13.4. The number of hydrogen-bond acceptors (Lipinski definition) is 5. The van der Waals surface area contributed by atoms with Crippen molar-refractivity contribution in [3.05, 3.63) is 18.2 Å². The Labute approximate surface area is 115 Å². The van der Waals surface area contributed by atoms with Gasteiger partial charge in [0.05, 0.1) is 17.3 Å². The summed E-state index contributed by atoms with van der Waals surface area (Å²) in [6.07, 6.45) is 0.524. The fourth-order valence-electron chi connectivity index (χ4n) is 2.26. The van der Waals surface area contributed by atoms with Gasteiger partial charge in [-0.3, -0.25) is 9.69 Å². The third kappa shape index (κ3) is 2.17. The largest absolute Gasteiger partial charge is 0.497 e. The Bertz CT molecular complexity index is 625. The maximum atomic E-state index is 12.0. The molecule has 1 aliphatic heterocycles. The maximum absolute atomic E-state index is 12.0. The van der Waals surface area contributed by atoms with Gasteiger partial charge in [-0.2, -0.15) is 0 Å². The predicted octanol–water partition coefficient (Wildman–Crippen LogP) is 1.62. The number of aromatic nitrogens is 1. The normalized spacial score (nSPS) is 19.4. The van der Waals surface area contributed by atoms with E-state index in [4.69, 9.17) is 10.5 Å². The zero-order valence-corrected chi connectivity index (χ0v) is 11.4. The van der Waals surface area contributed by atoms with E-state index >= 15 is 0 Å². The molecule has 100 valence electrons. The lowest BCUT2D eigenvalue weighted by atomic mass is 10.1. The minimum absolute atomic E-state index is 0.112. The summed E-state index contributed by atoms with van der Waals surface area (Å²) in [5.74, 6) is 1.16. The Morgan fingerprint density at radius 3 is 3.11 bits per heavy atom. The van der Waals surface area contributed by atoms with Gasteiger partial charge in [-0.25, -0.2) is 4.98 Å². The number of thiazole rings is 1. The third-order valence-corrected chi connectivity index (χ3v) is 4.39. The Hall–Kier alpha value is -1.66. The molecule has 19 heavy (non-hydrogen) atoms. The second kappa shape index (κ2) is 4.79. The Kier molecular flexibility index (Phi) is 3.12. The van der Waals surface area contributed by atoms with Gasteiger partial charge in [0.2, 0.25) is 5.91 Å². The number of fused-ring (bicyclic) bond motifs is 1. The Morgan fingerprint density at radius 2 is 2.42 bits per heavy atom. The minimum Gasteiger partial charge on any atom is -0.497 e. The van der Waals surface area contributed by atoms with Crippen LogP contribution in [-0.4, -0.2) is 31.1 Å². The van der Waals surface area contributed by atoms with Crippen molar-refractivity contribution in [1.82, 2.24) is 4.98 Å². The number of nitrogens with two attached hydrogens (primary N) is 1. The average molecular weight is 277 g/mol. The number of benzene rings is 1. The second-order valence-corrected chi connectivity index (χ2v) is 5.65. The van der Waals surface area contributed by atoms with Gasteiger partial charge in [-0.15, -0.1) is 0 Å². The number of methoxy groups -OCH3 is 1. The monoisotopic (exact) mass is 277 g/mol. The van der Waals surface area contributed by atoms with Crippen LogP contribution in [0.25, 0.3) is 10.2 Å². The molecule has 0 spiro atoms. The average Bonchev–Trinajstić information content (AvgIpc) is 3.00. The number of rotatable bonds is 3. The summed E-state index contributed by atoms with van der Waals surface area (Å²) in [6, 6.07) is 5.73. The third-order valence-electron chi connectivity index (χ3n) is 3.35. The van der Waals surface area contributed by atoms with Gasteiger partial charge in [-0.05, 0) is 30.7 Å². The summed E-state index contributed by atoms with van der Waals surface area (Å²) in [7, 11) is 1.64. The fraction of sp³-hybridized carbons (Fsp3) is 0.385. The van der Waals surface area contributed by atoms with Crippen LogP contribution in [-0.2, 0) is 4.79 Å². The molecule has 0 bridgehead atoms. The molecule has 1 unspecified atom stereocenters. The van der Waals surface area contributed by atoms with E-state index in [1.165, 1.54) is 11.3 Å². The van der Waals surface area contributed by atoms with Crippen LogP contribution in [0.5, 0.6) is 5.75 Å². The fourth-order valence-corrected chi connectivity index (χ4v) is 3.28. The first-order valence-electron chi connectivity index (χ1n) is 6.16. The molecule has 0 radical (unpaired) electrons. The lowest BCUT2D eigenvalue weighted by Crippen LogP contribution is -2.25. The highest BCUT2D eigenvalue weighted by molar-refractivity contribution is 7.22. The van der Waals surface area contributed by atoms with Crippen molar-refractivity contribution in [2.75, 3.05) is 25.1 Å². The van der Waals surface area contributed by atoms with Gasteiger partial charge in [-0.1, -0.05) is 11.3 Å². The van der Waals surface area contributed by atoms with Crippen molar-refractivity contribution in [3.63, 3.8) is 0 Å². The molecule has 1 aromatic carbocycles. The molecule has 1 amide bonds. The molecule has 0 saturated carbocycles. The van der Waals surface area contributed by atoms with Gasteiger partial charge in [0.15, 0.2) is 5.13 Å². The SMILES string of the molecule is COc1ccc2nc(N3CC(CN)CC3=O)sc2c1. The van der Waals surface area contributed by atoms with Gasteiger partial charge in [0, 0.05) is 13.0 Å². The number of hydrogen-bond donors (Lipinski definition) is 1. The molecule has 1 saturated heterocycles. The van der Waals surface area contributed by atoms with Gasteiger partial charge in [0.1, 0.15) is 5.75 Å². The molecule has 1 aliphatic rings. The highest BCUT2D eigenvalue weighted by atomic mass is 32.1. The molecule has 1 atom stereocenters. The highest BCUT2D eigenvalue weighted by Crippen LogP contribution is 2.34. The van der Waals surface area contributed by atoms with Gasteiger partial charge < -0.3 is 10.5 Å². The number of carbonyl (C=O) groups excluding carboxylic acids is 1. The van der Waals surface area contributed by atoms with Crippen molar-refractivity contribution >= 4 is 32.6 Å². The van der Waals surface area contributed by atoms with Crippen LogP contribution in [0.3, 0.4) is 0 Å². The smallest absolute Gasteiger partial charge is 0.229 e. The molecular formula is C13H15N3O2S. The molecular weight excluding hydrogens is 262 g/mol. The first kappa shape index (κ1) is 12.4. The summed E-state index contributed by atoms with van der Waals surface area (Å²) in [6.45, 7) is 1.22. The Balaban J connectivity index is 1.95. The minimum atomic E-state index is 0.112. The predicted molar refractivity (Wildman–Crippen MR) is 75.7 cm³/mol. The topological polar surface area (TPSA) is 68.4 Å². The van der Waals surface area contributed by atoms with Crippen LogP contribution in [0.15, 0.2) is 18.2 Å². The number of anilines is 1. The standard InChI is InChI=1S/C13H15N3O2S/c1-18-9-2-3-10-11(5-9)19-13(15-10)16-7-8(6-14)4-12(16)17/h2-3,5,8H,4,6-7,14H2,1H3. The maximum Gasteiger partial charge on any atom is 0.229 e. The summed E-state index contributed by atoms with van der Waals surface area (Å²) >= 11 is 1.51. The number of nitrogens with zero attached hydrogens (tertiary/aromatic N) is 2. The first-order chi connectivity index (χ1) is 9.21. The summed E-state index contributed by atoms with van der Waals surface area (Å²) in [4.78, 5) is 18.2. The van der Waals surface area contributed by atoms with Gasteiger partial charge >= 0.3 is 0 Å². The van der Waals surface area contributed by atoms with E-state index in [-0.39, 0.29) is 11.8 Å². The van der Waals surface area contributed by atoms with Crippen LogP contribution in [0.1, 0.15) is 6.42 Å². The molecule has 1 fully saturated rings. The molecule has 5 nitrogen and oxygen atoms in total. The van der Waals surface area contributed by atoms with Crippen molar-refractivity contribution in [2.24, 2.45) is 11.7 Å². The van der Waals surface area contributed by atoms with Crippen LogP contribution in [0.4, 0.5) is 5.13 Å². The van der Waals surface area contributed by atoms with E-state index in [0.717, 1.165) is 21.1 Å². The van der Waals surface area contributed by atoms with Crippen molar-refractivity contribution in [3.8, 4) is 5.75 Å². The number of carbonyl (C=O) groups is 1. The van der Waals surface area contributed by atoms with E-state index in [1.807, 2.05) is 18.2 Å². The van der Waals surface area contributed by atoms with Crippen molar-refractivity contribution in [1.29, 1.82) is 0 Å². The van der Waals surface area contributed by atoms with Crippen molar-refractivity contribution < 1.29 is 9.53 Å². The van der Waals surface area contributed by atoms with E-state index in [1.54, 1.807) is 12.0 Å². The molecule has 6 heteroatoms. The summed E-state index contributed by atoms with van der Waals surface area (Å²) < 4.78 is 6.22. The summed E-state index contributed by atoms with van der Waals surface area (Å²) in [5, 5.41) is 0.754. The van der Waals surface area contributed by atoms with Crippen LogP contribution < -0.4 is 15.4 Å². The Morgan fingerprint density at radius 1 is 1.58 bits per heavy atom. The highest BCUT2D eigenvalue weighted by Gasteiger charge is 2.31. The lowest BCUT2D eigenvalue weighted by Gasteiger charge is -2.11. The van der Waals surface area contributed by atoms with E-state index in [0.29, 0.717) is 19.5 Å². The quantitative estimate of drug-likeness (QED) is 0.925. The van der Waals surface area contributed by atoms with E-state index in [9.17, 15) is 4.79 Å². The molecule has 2 aromatic rings.